The molecule has 2 heterocycles. The maximum Gasteiger partial charge on any atom is 0.226 e. The van der Waals surface area contributed by atoms with E-state index in [0.29, 0.717) is 19.1 Å². The largest absolute Gasteiger partial charge is 0.494 e. The zero-order chi connectivity index (χ0) is 17.1. The maximum atomic E-state index is 12.3. The molecule has 0 bridgehead atoms. The zero-order valence-electron chi connectivity index (χ0n) is 14.6. The van der Waals surface area contributed by atoms with Gasteiger partial charge >= 0.3 is 0 Å². The van der Waals surface area contributed by atoms with Crippen LogP contribution in [-0.2, 0) is 4.79 Å². The molecule has 5 heteroatoms. The molecule has 5 nitrogen and oxygen atoms in total. The average Bonchev–Trinajstić information content (AvgIpc) is 3.00. The third-order valence-electron chi connectivity index (χ3n) is 4.73. The molecule has 1 atom stereocenters. The minimum atomic E-state index is -0.0142. The number of fused-ring (bicyclic) bond motifs is 1. The maximum absolute atomic E-state index is 12.3. The summed E-state index contributed by atoms with van der Waals surface area (Å²) in [6, 6.07) is 8.28. The van der Waals surface area contributed by atoms with Gasteiger partial charge < -0.3 is 10.1 Å². The van der Waals surface area contributed by atoms with Gasteiger partial charge in [0, 0.05) is 23.5 Å². The van der Waals surface area contributed by atoms with Crippen LogP contribution < -0.4 is 10.1 Å². The Morgan fingerprint density at radius 1 is 1.25 bits per heavy atom. The van der Waals surface area contributed by atoms with Gasteiger partial charge in [-0.05, 0) is 25.8 Å². The Morgan fingerprint density at radius 2 is 2.00 bits per heavy atom. The molecular formula is C19H25N3O2. The number of nitrogens with zero attached hydrogens (tertiary/aromatic N) is 2. The molecule has 1 aliphatic rings. The summed E-state index contributed by atoms with van der Waals surface area (Å²) in [5, 5.41) is 7.62. The molecule has 128 valence electrons. The molecule has 1 N–H and O–H groups in total. The molecule has 1 aromatic heterocycles. The highest BCUT2D eigenvalue weighted by Gasteiger charge is 2.32. The number of ether oxygens (including phenoxy) is 1. The van der Waals surface area contributed by atoms with Crippen molar-refractivity contribution in [3.05, 3.63) is 41.6 Å². The standard InChI is InChI=1S/C19H25N3O2/c1-4-13(5-2)22-19-16(12-20-22)15(11-18(23)21-19)14-9-7-8-10-17(14)24-6-3/h7-10,12-13,15H,4-6,11H2,1-3H3,(H,21,23). The van der Waals surface area contributed by atoms with Crippen molar-refractivity contribution < 1.29 is 9.53 Å². The lowest BCUT2D eigenvalue weighted by atomic mass is 9.86. The fourth-order valence-electron chi connectivity index (χ4n) is 3.48. The fourth-order valence-corrected chi connectivity index (χ4v) is 3.48. The van der Waals surface area contributed by atoms with E-state index >= 15 is 0 Å². The van der Waals surface area contributed by atoms with Crippen LogP contribution in [0.15, 0.2) is 30.5 Å². The molecule has 0 fully saturated rings. The van der Waals surface area contributed by atoms with Crippen molar-refractivity contribution in [3.63, 3.8) is 0 Å². The molecule has 1 amide bonds. The minimum Gasteiger partial charge on any atom is -0.494 e. The molecule has 3 rings (SSSR count). The highest BCUT2D eigenvalue weighted by molar-refractivity contribution is 5.94. The van der Waals surface area contributed by atoms with E-state index in [9.17, 15) is 4.79 Å². The van der Waals surface area contributed by atoms with E-state index in [1.165, 1.54) is 0 Å². The molecule has 0 spiro atoms. The summed E-state index contributed by atoms with van der Waals surface area (Å²) in [6.45, 7) is 6.88. The number of hydrogen-bond donors (Lipinski definition) is 1. The van der Waals surface area contributed by atoms with Gasteiger partial charge in [-0.15, -0.1) is 0 Å². The van der Waals surface area contributed by atoms with Gasteiger partial charge in [-0.1, -0.05) is 32.0 Å². The Morgan fingerprint density at radius 3 is 2.71 bits per heavy atom. The number of para-hydroxylation sites is 1. The highest BCUT2D eigenvalue weighted by Crippen LogP contribution is 2.41. The summed E-state index contributed by atoms with van der Waals surface area (Å²) < 4.78 is 7.75. The van der Waals surface area contributed by atoms with Gasteiger partial charge in [0.2, 0.25) is 5.91 Å². The number of benzene rings is 1. The predicted octanol–water partition coefficient (Wildman–Crippen LogP) is 4.12. The normalized spacial score (nSPS) is 16.8. The molecular weight excluding hydrogens is 302 g/mol. The topological polar surface area (TPSA) is 56.1 Å². The molecule has 2 aromatic rings. The molecule has 0 saturated carbocycles. The van der Waals surface area contributed by atoms with Gasteiger partial charge in [0.1, 0.15) is 11.6 Å². The van der Waals surface area contributed by atoms with Crippen molar-refractivity contribution >= 4 is 11.7 Å². The quantitative estimate of drug-likeness (QED) is 0.868. The Bertz CT molecular complexity index is 719. The third kappa shape index (κ3) is 2.90. The average molecular weight is 327 g/mol. The van der Waals surface area contributed by atoms with Crippen LogP contribution >= 0.6 is 0 Å². The van der Waals surface area contributed by atoms with Gasteiger partial charge in [-0.25, -0.2) is 4.68 Å². The second-order valence-electron chi connectivity index (χ2n) is 6.14. The fraction of sp³-hybridized carbons (Fsp3) is 0.474. The summed E-state index contributed by atoms with van der Waals surface area (Å²) in [7, 11) is 0. The van der Waals surface area contributed by atoms with Crippen LogP contribution in [0.1, 0.15) is 63.1 Å². The number of rotatable bonds is 6. The smallest absolute Gasteiger partial charge is 0.226 e. The number of amides is 1. The Hall–Kier alpha value is -2.30. The molecule has 1 aliphatic heterocycles. The van der Waals surface area contributed by atoms with Crippen LogP contribution in [0.5, 0.6) is 5.75 Å². The Labute approximate surface area is 143 Å². The van der Waals surface area contributed by atoms with Gasteiger partial charge in [-0.2, -0.15) is 5.10 Å². The van der Waals surface area contributed by atoms with Crippen molar-refractivity contribution in [2.75, 3.05) is 11.9 Å². The SMILES string of the molecule is CCOc1ccccc1C1CC(=O)Nc2c1cnn2C(CC)CC. The molecule has 24 heavy (non-hydrogen) atoms. The lowest BCUT2D eigenvalue weighted by Gasteiger charge is -2.26. The number of nitrogens with one attached hydrogen (secondary N) is 1. The zero-order valence-corrected chi connectivity index (χ0v) is 14.6. The second kappa shape index (κ2) is 7.07. The van der Waals surface area contributed by atoms with E-state index in [0.717, 1.165) is 35.5 Å². The summed E-state index contributed by atoms with van der Waals surface area (Å²) in [4.78, 5) is 12.3. The first-order valence-corrected chi connectivity index (χ1v) is 8.78. The van der Waals surface area contributed by atoms with E-state index in [4.69, 9.17) is 4.74 Å². The van der Waals surface area contributed by atoms with Crippen LogP contribution in [0.2, 0.25) is 0 Å². The first-order valence-electron chi connectivity index (χ1n) is 8.78. The number of hydrogen-bond acceptors (Lipinski definition) is 3. The summed E-state index contributed by atoms with van der Waals surface area (Å²) in [5.74, 6) is 1.71. The monoisotopic (exact) mass is 327 g/mol. The van der Waals surface area contributed by atoms with Crippen LogP contribution in [0.25, 0.3) is 0 Å². The summed E-state index contributed by atoms with van der Waals surface area (Å²) in [5.41, 5.74) is 2.13. The van der Waals surface area contributed by atoms with Gasteiger partial charge in [0.25, 0.3) is 0 Å². The van der Waals surface area contributed by atoms with Crippen molar-refractivity contribution in [1.82, 2.24) is 9.78 Å². The minimum absolute atomic E-state index is 0.0142. The molecule has 1 unspecified atom stereocenters. The lowest BCUT2D eigenvalue weighted by Crippen LogP contribution is -2.26. The molecule has 0 saturated heterocycles. The highest BCUT2D eigenvalue weighted by atomic mass is 16.5. The van der Waals surface area contributed by atoms with Crippen molar-refractivity contribution in [2.24, 2.45) is 0 Å². The van der Waals surface area contributed by atoms with Crippen LogP contribution in [-0.4, -0.2) is 22.3 Å². The molecule has 0 aliphatic carbocycles. The Balaban J connectivity index is 2.06. The van der Waals surface area contributed by atoms with Crippen LogP contribution in [0.3, 0.4) is 0 Å². The number of carbonyl (C=O) groups excluding carboxylic acids is 1. The van der Waals surface area contributed by atoms with Crippen molar-refractivity contribution in [1.29, 1.82) is 0 Å². The van der Waals surface area contributed by atoms with E-state index in [2.05, 4.69) is 24.3 Å². The van der Waals surface area contributed by atoms with Gasteiger partial charge in [0.05, 0.1) is 18.8 Å². The number of carbonyl (C=O) groups is 1. The van der Waals surface area contributed by atoms with Gasteiger partial charge in [0.15, 0.2) is 0 Å². The second-order valence-corrected chi connectivity index (χ2v) is 6.14. The van der Waals surface area contributed by atoms with E-state index < -0.39 is 0 Å². The third-order valence-corrected chi connectivity index (χ3v) is 4.73. The first kappa shape index (κ1) is 16.6. The Kier molecular flexibility index (Phi) is 4.88. The van der Waals surface area contributed by atoms with E-state index in [-0.39, 0.29) is 11.8 Å². The van der Waals surface area contributed by atoms with Crippen LogP contribution in [0.4, 0.5) is 5.82 Å². The molecule has 0 radical (unpaired) electrons. The summed E-state index contributed by atoms with van der Waals surface area (Å²) >= 11 is 0. The van der Waals surface area contributed by atoms with Crippen LogP contribution in [0, 0.1) is 0 Å². The molecule has 1 aromatic carbocycles. The van der Waals surface area contributed by atoms with Crippen molar-refractivity contribution in [3.8, 4) is 5.75 Å². The lowest BCUT2D eigenvalue weighted by molar-refractivity contribution is -0.116. The predicted molar refractivity (Wildman–Crippen MR) is 94.5 cm³/mol. The van der Waals surface area contributed by atoms with Crippen molar-refractivity contribution in [2.45, 2.75) is 52.0 Å². The van der Waals surface area contributed by atoms with Gasteiger partial charge in [-0.3, -0.25) is 4.79 Å². The van der Waals surface area contributed by atoms with E-state index in [1.807, 2.05) is 42.1 Å². The van der Waals surface area contributed by atoms with E-state index in [1.54, 1.807) is 0 Å². The number of anilines is 1. The number of aromatic nitrogens is 2. The first-order chi connectivity index (χ1) is 11.7. The summed E-state index contributed by atoms with van der Waals surface area (Å²) in [6.07, 6.45) is 4.30.